The zero-order valence-corrected chi connectivity index (χ0v) is 11.5. The van der Waals surface area contributed by atoms with Gasteiger partial charge in [0.25, 0.3) is 0 Å². The molecule has 0 saturated carbocycles. The number of benzene rings is 1. The fraction of sp³-hybridized carbons (Fsp3) is 0.455. The van der Waals surface area contributed by atoms with Gasteiger partial charge in [0.2, 0.25) is 9.84 Å². The monoisotopic (exact) mass is 297 g/mol. The quantitative estimate of drug-likeness (QED) is 0.784. The summed E-state index contributed by atoms with van der Waals surface area (Å²) in [5.74, 6) is -3.17. The van der Waals surface area contributed by atoms with Crippen LogP contribution in [-0.2, 0) is 9.84 Å². The van der Waals surface area contributed by atoms with E-state index in [-0.39, 0.29) is 22.5 Å². The van der Waals surface area contributed by atoms with E-state index in [4.69, 9.17) is 11.6 Å². The largest absolute Gasteiger partial charge is 0.370 e. The van der Waals surface area contributed by atoms with Crippen LogP contribution < -0.4 is 4.90 Å². The molecule has 1 atom stereocenters. The highest BCUT2D eigenvalue weighted by Crippen LogP contribution is 2.29. The Hall–Kier alpha value is -0.880. The number of rotatable bonds is 5. The summed E-state index contributed by atoms with van der Waals surface area (Å²) in [5.41, 5.74) is 0.228. The first kappa shape index (κ1) is 15.2. The predicted octanol–water partition coefficient (Wildman–Crippen LogP) is 2.75. The molecule has 3 nitrogen and oxygen atoms in total. The van der Waals surface area contributed by atoms with Crippen LogP contribution in [0.3, 0.4) is 0 Å². The van der Waals surface area contributed by atoms with Crippen LogP contribution in [0, 0.1) is 0 Å². The molecule has 0 radical (unpaired) electrons. The molecule has 0 fully saturated rings. The molecule has 0 heterocycles. The number of anilines is 1. The number of hydrogen-bond donors (Lipinski definition) is 0. The van der Waals surface area contributed by atoms with Gasteiger partial charge in [0.15, 0.2) is 0 Å². The molecule has 0 aliphatic heterocycles. The first-order chi connectivity index (χ1) is 8.32. The summed E-state index contributed by atoms with van der Waals surface area (Å²) in [4.78, 5) is 1.20. The molecule has 0 bridgehead atoms. The molecule has 0 aromatic heterocycles. The summed E-state index contributed by atoms with van der Waals surface area (Å²) >= 11 is 5.69. The summed E-state index contributed by atoms with van der Waals surface area (Å²) in [6, 6.07) is 5.50. The van der Waals surface area contributed by atoms with Crippen molar-refractivity contribution in [3.8, 4) is 0 Å². The molecule has 0 amide bonds. The number of hydrogen-bond acceptors (Lipinski definition) is 3. The van der Waals surface area contributed by atoms with Crippen molar-refractivity contribution in [3.05, 3.63) is 24.3 Å². The van der Waals surface area contributed by atoms with Gasteiger partial charge in [-0.1, -0.05) is 12.1 Å². The molecule has 1 aromatic carbocycles. The van der Waals surface area contributed by atoms with E-state index in [1.165, 1.54) is 18.2 Å². The van der Waals surface area contributed by atoms with Gasteiger partial charge in [0, 0.05) is 19.0 Å². The summed E-state index contributed by atoms with van der Waals surface area (Å²) in [6.45, 7) is 1.78. The normalized spacial score (nSPS) is 13.7. The van der Waals surface area contributed by atoms with Crippen LogP contribution in [0.2, 0.25) is 0 Å². The zero-order chi connectivity index (χ0) is 13.9. The van der Waals surface area contributed by atoms with Gasteiger partial charge in [-0.05, 0) is 19.1 Å². The Bertz CT molecular complexity index is 508. The summed E-state index contributed by atoms with van der Waals surface area (Å²) in [5, 5.41) is 0. The standard InChI is InChI=1S/C11H14ClF2NO2S/c1-8(7-12)15(2)9-5-3-4-6-10(9)18(16,17)11(13)14/h3-6,8,11H,7H2,1-2H3. The molecule has 7 heteroatoms. The molecule has 102 valence electrons. The summed E-state index contributed by atoms with van der Waals surface area (Å²) in [7, 11) is -2.99. The lowest BCUT2D eigenvalue weighted by atomic mass is 10.2. The number of para-hydroxylation sites is 1. The minimum atomic E-state index is -4.61. The van der Waals surface area contributed by atoms with Crippen molar-refractivity contribution in [2.24, 2.45) is 0 Å². The number of nitrogens with zero attached hydrogens (tertiary/aromatic N) is 1. The molecule has 1 aromatic rings. The van der Waals surface area contributed by atoms with Gasteiger partial charge in [-0.25, -0.2) is 8.42 Å². The SMILES string of the molecule is CC(CCl)N(C)c1ccccc1S(=O)(=O)C(F)F. The second kappa shape index (κ2) is 5.84. The first-order valence-electron chi connectivity index (χ1n) is 5.22. The van der Waals surface area contributed by atoms with Crippen LogP contribution >= 0.6 is 11.6 Å². The Morgan fingerprint density at radius 3 is 2.39 bits per heavy atom. The molecule has 0 aliphatic rings. The van der Waals surface area contributed by atoms with Crippen LogP contribution in [-0.4, -0.2) is 33.1 Å². The van der Waals surface area contributed by atoms with Crippen LogP contribution in [0.1, 0.15) is 6.92 Å². The minimum Gasteiger partial charge on any atom is -0.370 e. The highest BCUT2D eigenvalue weighted by Gasteiger charge is 2.30. The predicted molar refractivity (Wildman–Crippen MR) is 68.2 cm³/mol. The van der Waals surface area contributed by atoms with Crippen molar-refractivity contribution in [3.63, 3.8) is 0 Å². The second-order valence-electron chi connectivity index (χ2n) is 3.89. The summed E-state index contributed by atoms with van der Waals surface area (Å²) < 4.78 is 48.3. The number of halogens is 3. The van der Waals surface area contributed by atoms with E-state index in [2.05, 4.69) is 0 Å². The number of sulfone groups is 1. The Balaban J connectivity index is 3.32. The van der Waals surface area contributed by atoms with Crippen molar-refractivity contribution in [1.29, 1.82) is 0 Å². The molecule has 0 spiro atoms. The lowest BCUT2D eigenvalue weighted by Crippen LogP contribution is -2.31. The maximum atomic E-state index is 12.6. The molecule has 1 unspecified atom stereocenters. The Morgan fingerprint density at radius 2 is 1.89 bits per heavy atom. The topological polar surface area (TPSA) is 37.4 Å². The molecular weight excluding hydrogens is 284 g/mol. The van der Waals surface area contributed by atoms with Gasteiger partial charge < -0.3 is 4.90 Å². The van der Waals surface area contributed by atoms with Gasteiger partial charge in [0.1, 0.15) is 0 Å². The van der Waals surface area contributed by atoms with Crippen LogP contribution in [0.4, 0.5) is 14.5 Å². The maximum absolute atomic E-state index is 12.6. The van der Waals surface area contributed by atoms with Crippen molar-refractivity contribution in [1.82, 2.24) is 0 Å². The molecule has 18 heavy (non-hydrogen) atoms. The van der Waals surface area contributed by atoms with Gasteiger partial charge in [-0.2, -0.15) is 8.78 Å². The molecular formula is C11H14ClF2NO2S. The Kier molecular flexibility index (Phi) is 4.92. The van der Waals surface area contributed by atoms with Crippen molar-refractivity contribution in [2.45, 2.75) is 23.6 Å². The molecule has 0 saturated heterocycles. The average molecular weight is 298 g/mol. The van der Waals surface area contributed by atoms with Crippen molar-refractivity contribution in [2.75, 3.05) is 17.8 Å². The molecule has 1 rings (SSSR count). The lowest BCUT2D eigenvalue weighted by molar-refractivity contribution is 0.235. The third-order valence-electron chi connectivity index (χ3n) is 2.67. The maximum Gasteiger partial charge on any atom is 0.341 e. The van der Waals surface area contributed by atoms with E-state index < -0.39 is 15.6 Å². The van der Waals surface area contributed by atoms with Gasteiger partial charge >= 0.3 is 5.76 Å². The van der Waals surface area contributed by atoms with Gasteiger partial charge in [0.05, 0.1) is 10.6 Å². The fourth-order valence-corrected chi connectivity index (χ4v) is 2.60. The summed E-state index contributed by atoms with van der Waals surface area (Å²) in [6.07, 6.45) is 0. The average Bonchev–Trinajstić information content (AvgIpc) is 2.36. The molecule has 0 aliphatic carbocycles. The van der Waals surface area contributed by atoms with E-state index in [1.807, 2.05) is 0 Å². The Morgan fingerprint density at radius 1 is 1.33 bits per heavy atom. The van der Waals surface area contributed by atoms with E-state index in [0.29, 0.717) is 0 Å². The van der Waals surface area contributed by atoms with Crippen LogP contribution in [0.25, 0.3) is 0 Å². The molecule has 0 N–H and O–H groups in total. The zero-order valence-electron chi connectivity index (χ0n) is 9.98. The third kappa shape index (κ3) is 2.92. The van der Waals surface area contributed by atoms with Gasteiger partial charge in [-0.3, -0.25) is 0 Å². The highest BCUT2D eigenvalue weighted by molar-refractivity contribution is 7.91. The first-order valence-corrected chi connectivity index (χ1v) is 7.30. The second-order valence-corrected chi connectivity index (χ2v) is 6.08. The van der Waals surface area contributed by atoms with E-state index >= 15 is 0 Å². The Labute approximate surface area is 110 Å². The fourth-order valence-electron chi connectivity index (χ4n) is 1.43. The van der Waals surface area contributed by atoms with Crippen molar-refractivity contribution < 1.29 is 17.2 Å². The number of alkyl halides is 3. The van der Waals surface area contributed by atoms with Gasteiger partial charge in [-0.15, -0.1) is 11.6 Å². The van der Waals surface area contributed by atoms with E-state index in [0.717, 1.165) is 0 Å². The van der Waals surface area contributed by atoms with Crippen LogP contribution in [0.5, 0.6) is 0 Å². The van der Waals surface area contributed by atoms with E-state index in [9.17, 15) is 17.2 Å². The van der Waals surface area contributed by atoms with Crippen LogP contribution in [0.15, 0.2) is 29.2 Å². The third-order valence-corrected chi connectivity index (χ3v) is 4.54. The van der Waals surface area contributed by atoms with E-state index in [1.54, 1.807) is 24.9 Å². The minimum absolute atomic E-state index is 0.166. The lowest BCUT2D eigenvalue weighted by Gasteiger charge is -2.27. The smallest absolute Gasteiger partial charge is 0.341 e. The van der Waals surface area contributed by atoms with Crippen molar-refractivity contribution >= 4 is 27.1 Å². The highest BCUT2D eigenvalue weighted by atomic mass is 35.5.